The highest BCUT2D eigenvalue weighted by atomic mass is 16.1. The minimum absolute atomic E-state index is 0.187. The van der Waals surface area contributed by atoms with Crippen molar-refractivity contribution in [1.29, 1.82) is 0 Å². The molecule has 2 heteroatoms. The van der Waals surface area contributed by atoms with Gasteiger partial charge in [0.25, 0.3) is 0 Å². The summed E-state index contributed by atoms with van der Waals surface area (Å²) in [7, 11) is 0. The van der Waals surface area contributed by atoms with Crippen molar-refractivity contribution in [2.75, 3.05) is 6.54 Å². The maximum atomic E-state index is 12.2. The van der Waals surface area contributed by atoms with Crippen LogP contribution in [0.15, 0.2) is 0 Å². The molecule has 1 atom stereocenters. The molecule has 0 aliphatic heterocycles. The molecular weight excluding hydrogens is 354 g/mol. The van der Waals surface area contributed by atoms with Gasteiger partial charge in [-0.25, -0.2) is 0 Å². The first-order chi connectivity index (χ1) is 14.2. The van der Waals surface area contributed by atoms with Crippen molar-refractivity contribution in [2.24, 2.45) is 5.92 Å². The Bertz CT molecular complexity index is 328. The largest absolute Gasteiger partial charge is 0.356 e. The fraction of sp³-hybridized carbons (Fsp3) is 0.963. The average Bonchev–Trinajstić information content (AvgIpc) is 2.73. The number of carbonyl (C=O) groups excluding carboxylic acids is 1. The lowest BCUT2D eigenvalue weighted by Crippen LogP contribution is -2.30. The molecule has 0 aliphatic rings. The third-order valence-electron chi connectivity index (χ3n) is 6.27. The molecule has 1 amide bonds. The number of nitrogens with one attached hydrogen (secondary N) is 1. The summed E-state index contributed by atoms with van der Waals surface area (Å²) in [5.74, 6) is 0.462. The van der Waals surface area contributed by atoms with Gasteiger partial charge < -0.3 is 5.32 Å². The summed E-state index contributed by atoms with van der Waals surface area (Å²) in [6, 6.07) is 0. The molecule has 29 heavy (non-hydrogen) atoms. The topological polar surface area (TPSA) is 29.1 Å². The van der Waals surface area contributed by atoms with E-state index in [0.717, 1.165) is 19.4 Å². The lowest BCUT2D eigenvalue weighted by molar-refractivity contribution is -0.124. The molecule has 0 rings (SSSR count). The highest BCUT2D eigenvalue weighted by Gasteiger charge is 2.11. The minimum Gasteiger partial charge on any atom is -0.356 e. The van der Waals surface area contributed by atoms with Gasteiger partial charge in [0.05, 0.1) is 0 Å². The van der Waals surface area contributed by atoms with E-state index >= 15 is 0 Å². The van der Waals surface area contributed by atoms with Crippen LogP contribution in [0.1, 0.15) is 156 Å². The van der Waals surface area contributed by atoms with Crippen LogP contribution in [0.5, 0.6) is 0 Å². The van der Waals surface area contributed by atoms with E-state index < -0.39 is 0 Å². The molecule has 0 aromatic rings. The van der Waals surface area contributed by atoms with Crippen LogP contribution >= 0.6 is 0 Å². The fourth-order valence-electron chi connectivity index (χ4n) is 4.07. The van der Waals surface area contributed by atoms with Crippen LogP contribution in [-0.2, 0) is 4.79 Å². The second-order valence-electron chi connectivity index (χ2n) is 9.34. The van der Waals surface area contributed by atoms with Crippen molar-refractivity contribution in [3.05, 3.63) is 0 Å². The molecule has 0 spiro atoms. The molecule has 1 N–H and O–H groups in total. The Hall–Kier alpha value is -0.530. The Balaban J connectivity index is 3.31. The molecule has 0 saturated carbocycles. The van der Waals surface area contributed by atoms with Gasteiger partial charge in [-0.1, -0.05) is 143 Å². The van der Waals surface area contributed by atoms with E-state index in [1.54, 1.807) is 0 Å². The van der Waals surface area contributed by atoms with Gasteiger partial charge in [0, 0.05) is 12.5 Å². The molecule has 1 unspecified atom stereocenters. The van der Waals surface area contributed by atoms with E-state index in [9.17, 15) is 4.79 Å². The number of unbranched alkanes of at least 4 members (excludes halogenated alkanes) is 18. The Labute approximate surface area is 184 Å². The van der Waals surface area contributed by atoms with Crippen LogP contribution < -0.4 is 5.32 Å². The summed E-state index contributed by atoms with van der Waals surface area (Å²) < 4.78 is 0. The molecule has 0 saturated heterocycles. The highest BCUT2D eigenvalue weighted by molar-refractivity contribution is 5.78. The number of hydrogen-bond donors (Lipinski definition) is 1. The van der Waals surface area contributed by atoms with E-state index in [1.807, 2.05) is 0 Å². The van der Waals surface area contributed by atoms with Gasteiger partial charge in [0.15, 0.2) is 0 Å². The Morgan fingerprint density at radius 3 is 1.31 bits per heavy atom. The van der Waals surface area contributed by atoms with Gasteiger partial charge >= 0.3 is 0 Å². The lowest BCUT2D eigenvalue weighted by Gasteiger charge is -2.12. The Kier molecular flexibility index (Phi) is 23.3. The fourth-order valence-corrected chi connectivity index (χ4v) is 4.07. The predicted octanol–water partition coefficient (Wildman–Crippen LogP) is 8.97. The van der Waals surface area contributed by atoms with Gasteiger partial charge in [-0.3, -0.25) is 4.79 Å². The van der Waals surface area contributed by atoms with Crippen molar-refractivity contribution in [1.82, 2.24) is 5.32 Å². The quantitative estimate of drug-likeness (QED) is 0.168. The third-order valence-corrected chi connectivity index (χ3v) is 6.27. The molecule has 0 radical (unpaired) electrons. The predicted molar refractivity (Wildman–Crippen MR) is 130 cm³/mol. The van der Waals surface area contributed by atoms with Gasteiger partial charge in [-0.15, -0.1) is 0 Å². The summed E-state index contributed by atoms with van der Waals surface area (Å²) in [4.78, 5) is 12.2. The summed E-state index contributed by atoms with van der Waals surface area (Å²) >= 11 is 0. The molecule has 0 aromatic heterocycles. The first-order valence-corrected chi connectivity index (χ1v) is 13.5. The summed E-state index contributed by atoms with van der Waals surface area (Å²) in [6.45, 7) is 7.52. The molecule has 0 bridgehead atoms. The Morgan fingerprint density at radius 1 is 0.552 bits per heavy atom. The smallest absolute Gasteiger partial charge is 0.222 e. The molecule has 174 valence electrons. The molecule has 0 fully saturated rings. The number of carbonyl (C=O) groups is 1. The first-order valence-electron chi connectivity index (χ1n) is 13.5. The normalized spacial score (nSPS) is 12.2. The van der Waals surface area contributed by atoms with Gasteiger partial charge in [-0.05, 0) is 12.8 Å². The van der Waals surface area contributed by atoms with Crippen molar-refractivity contribution >= 4 is 5.91 Å². The minimum atomic E-state index is 0.187. The van der Waals surface area contributed by atoms with Crippen LogP contribution in [0.25, 0.3) is 0 Å². The number of hydrogen-bond acceptors (Lipinski definition) is 1. The average molecular weight is 410 g/mol. The van der Waals surface area contributed by atoms with E-state index in [1.165, 1.54) is 122 Å². The summed E-state index contributed by atoms with van der Waals surface area (Å²) in [5.41, 5.74) is 0. The molecule has 0 aliphatic carbocycles. The van der Waals surface area contributed by atoms with Gasteiger partial charge in [0.2, 0.25) is 5.91 Å². The van der Waals surface area contributed by atoms with Crippen molar-refractivity contribution < 1.29 is 4.79 Å². The van der Waals surface area contributed by atoms with Crippen LogP contribution in [0.3, 0.4) is 0 Å². The Morgan fingerprint density at radius 2 is 0.897 bits per heavy atom. The maximum Gasteiger partial charge on any atom is 0.222 e. The lowest BCUT2D eigenvalue weighted by atomic mass is 10.0. The van der Waals surface area contributed by atoms with Crippen molar-refractivity contribution in [3.63, 3.8) is 0 Å². The summed E-state index contributed by atoms with van der Waals surface area (Å²) in [5, 5.41) is 3.15. The monoisotopic (exact) mass is 409 g/mol. The SMILES string of the molecule is CCCCCCCCCCCCNC(=O)C(C)CCCCCCCCCCCC. The van der Waals surface area contributed by atoms with Crippen molar-refractivity contribution in [3.8, 4) is 0 Å². The highest BCUT2D eigenvalue weighted by Crippen LogP contribution is 2.14. The molecule has 2 nitrogen and oxygen atoms in total. The van der Waals surface area contributed by atoms with Crippen LogP contribution in [-0.4, -0.2) is 12.5 Å². The van der Waals surface area contributed by atoms with E-state index in [4.69, 9.17) is 0 Å². The number of rotatable bonds is 23. The van der Waals surface area contributed by atoms with Crippen LogP contribution in [0.4, 0.5) is 0 Å². The van der Waals surface area contributed by atoms with Gasteiger partial charge in [0.1, 0.15) is 0 Å². The van der Waals surface area contributed by atoms with E-state index in [0.29, 0.717) is 0 Å². The van der Waals surface area contributed by atoms with Crippen LogP contribution in [0, 0.1) is 5.92 Å². The first kappa shape index (κ1) is 28.5. The summed E-state index contributed by atoms with van der Waals surface area (Å²) in [6.07, 6.45) is 28.2. The zero-order valence-electron chi connectivity index (χ0n) is 20.5. The van der Waals surface area contributed by atoms with E-state index in [2.05, 4.69) is 26.1 Å². The van der Waals surface area contributed by atoms with E-state index in [-0.39, 0.29) is 11.8 Å². The second-order valence-corrected chi connectivity index (χ2v) is 9.34. The molecule has 0 aromatic carbocycles. The molecule has 0 heterocycles. The van der Waals surface area contributed by atoms with Gasteiger partial charge in [-0.2, -0.15) is 0 Å². The maximum absolute atomic E-state index is 12.2. The zero-order chi connectivity index (χ0) is 21.4. The molecular formula is C27H55NO. The number of amides is 1. The van der Waals surface area contributed by atoms with Crippen LogP contribution in [0.2, 0.25) is 0 Å². The second kappa shape index (κ2) is 23.7. The standard InChI is InChI=1S/C27H55NO/c1-4-6-8-10-12-14-16-18-20-22-24-26(3)27(29)28-25-23-21-19-17-15-13-11-9-7-5-2/h26H,4-25H2,1-3H3,(H,28,29). The van der Waals surface area contributed by atoms with Crippen molar-refractivity contribution in [2.45, 2.75) is 156 Å². The third kappa shape index (κ3) is 22.0. The zero-order valence-corrected chi connectivity index (χ0v) is 20.5.